The van der Waals surface area contributed by atoms with Crippen molar-refractivity contribution in [3.63, 3.8) is 0 Å². The molecule has 2 aromatic rings. The van der Waals surface area contributed by atoms with E-state index in [-0.39, 0.29) is 0 Å². The molecule has 1 aromatic carbocycles. The average Bonchev–Trinajstić information content (AvgIpc) is 2.64. The lowest BCUT2D eigenvalue weighted by atomic mass is 10.1. The van der Waals surface area contributed by atoms with Crippen LogP contribution in [0.15, 0.2) is 12.1 Å². The Labute approximate surface area is 94.1 Å². The van der Waals surface area contributed by atoms with Gasteiger partial charge in [0.15, 0.2) is 0 Å². The predicted molar refractivity (Wildman–Crippen MR) is 66.5 cm³/mol. The van der Waals surface area contributed by atoms with Crippen LogP contribution in [-0.2, 0) is 6.42 Å². The van der Waals surface area contributed by atoms with Gasteiger partial charge in [0.05, 0.1) is 15.2 Å². The summed E-state index contributed by atoms with van der Waals surface area (Å²) in [6, 6.07) is 4.34. The van der Waals surface area contributed by atoms with E-state index in [0.29, 0.717) is 0 Å². The van der Waals surface area contributed by atoms with Crippen LogP contribution in [0.2, 0.25) is 0 Å². The molecular weight excluding hydrogens is 204 g/mol. The molecule has 2 N–H and O–H groups in total. The Morgan fingerprint density at radius 3 is 2.87 bits per heavy atom. The van der Waals surface area contributed by atoms with Gasteiger partial charge in [0.25, 0.3) is 0 Å². The highest BCUT2D eigenvalue weighted by atomic mass is 32.1. The molecule has 80 valence electrons. The number of hydrogen-bond donors (Lipinski definition) is 1. The molecule has 1 heterocycles. The third-order valence-corrected chi connectivity index (χ3v) is 3.80. The molecule has 0 fully saturated rings. The van der Waals surface area contributed by atoms with E-state index < -0.39 is 0 Å². The Kier molecular flexibility index (Phi) is 3.03. The topological polar surface area (TPSA) is 38.9 Å². The van der Waals surface area contributed by atoms with Crippen molar-refractivity contribution in [2.75, 3.05) is 6.54 Å². The maximum Gasteiger partial charge on any atom is 0.0939 e. The smallest absolute Gasteiger partial charge is 0.0939 e. The third kappa shape index (κ3) is 2.03. The second-order valence-corrected chi connectivity index (χ2v) is 4.97. The largest absolute Gasteiger partial charge is 0.330 e. The minimum Gasteiger partial charge on any atom is -0.330 e. The Morgan fingerprint density at radius 2 is 2.13 bits per heavy atom. The Bertz CT molecular complexity index is 474. The van der Waals surface area contributed by atoms with Crippen molar-refractivity contribution in [2.24, 2.45) is 5.73 Å². The number of aromatic nitrogens is 1. The fraction of sp³-hybridized carbons (Fsp3) is 0.417. The van der Waals surface area contributed by atoms with Crippen molar-refractivity contribution < 1.29 is 0 Å². The van der Waals surface area contributed by atoms with Crippen molar-refractivity contribution in [2.45, 2.75) is 26.7 Å². The lowest BCUT2D eigenvalue weighted by molar-refractivity contribution is 0.828. The first-order chi connectivity index (χ1) is 7.22. The van der Waals surface area contributed by atoms with Gasteiger partial charge in [-0.1, -0.05) is 6.07 Å². The van der Waals surface area contributed by atoms with Gasteiger partial charge in [-0.15, -0.1) is 11.3 Å². The third-order valence-electron chi connectivity index (χ3n) is 2.72. The summed E-state index contributed by atoms with van der Waals surface area (Å²) in [6.45, 7) is 5.02. The van der Waals surface area contributed by atoms with Crippen LogP contribution in [0.4, 0.5) is 0 Å². The molecule has 2 rings (SSSR count). The summed E-state index contributed by atoms with van der Waals surface area (Å²) >= 11 is 1.79. The number of thiazole rings is 1. The molecule has 0 bridgehead atoms. The monoisotopic (exact) mass is 220 g/mol. The zero-order chi connectivity index (χ0) is 10.8. The molecular formula is C12H16N2S. The lowest BCUT2D eigenvalue weighted by Gasteiger charge is -1.98. The summed E-state index contributed by atoms with van der Waals surface area (Å²) in [5.74, 6) is 0. The van der Waals surface area contributed by atoms with Crippen LogP contribution < -0.4 is 5.73 Å². The van der Waals surface area contributed by atoms with E-state index >= 15 is 0 Å². The maximum atomic E-state index is 5.50. The maximum absolute atomic E-state index is 5.50. The van der Waals surface area contributed by atoms with E-state index in [0.717, 1.165) is 19.4 Å². The van der Waals surface area contributed by atoms with Gasteiger partial charge >= 0.3 is 0 Å². The van der Waals surface area contributed by atoms with E-state index in [1.54, 1.807) is 11.3 Å². The van der Waals surface area contributed by atoms with E-state index in [4.69, 9.17) is 5.73 Å². The molecule has 2 nitrogen and oxygen atoms in total. The standard InChI is InChI=1S/C12H16N2S/c1-8-5-6-10-12(9(8)2)14-11(15-10)4-3-7-13/h5-6H,3-4,7,13H2,1-2H3. The molecule has 0 atom stereocenters. The van der Waals surface area contributed by atoms with E-state index in [2.05, 4.69) is 31.0 Å². The van der Waals surface area contributed by atoms with Crippen LogP contribution in [0, 0.1) is 13.8 Å². The van der Waals surface area contributed by atoms with E-state index in [1.165, 1.54) is 26.4 Å². The molecule has 0 aliphatic carbocycles. The summed E-state index contributed by atoms with van der Waals surface area (Å²) < 4.78 is 1.30. The molecule has 0 amide bonds. The van der Waals surface area contributed by atoms with Crippen molar-refractivity contribution >= 4 is 21.6 Å². The lowest BCUT2D eigenvalue weighted by Crippen LogP contribution is -1.99. The molecule has 15 heavy (non-hydrogen) atoms. The summed E-state index contributed by atoms with van der Waals surface area (Å²) in [4.78, 5) is 4.67. The molecule has 1 aromatic heterocycles. The molecule has 0 spiro atoms. The summed E-state index contributed by atoms with van der Waals surface area (Å²) in [5.41, 5.74) is 9.30. The summed E-state index contributed by atoms with van der Waals surface area (Å²) in [6.07, 6.45) is 2.03. The highest BCUT2D eigenvalue weighted by Gasteiger charge is 2.06. The van der Waals surface area contributed by atoms with Crippen LogP contribution >= 0.6 is 11.3 Å². The average molecular weight is 220 g/mol. The minimum atomic E-state index is 0.744. The number of hydrogen-bond acceptors (Lipinski definition) is 3. The van der Waals surface area contributed by atoms with Gasteiger partial charge < -0.3 is 5.73 Å². The fourth-order valence-corrected chi connectivity index (χ4v) is 2.70. The van der Waals surface area contributed by atoms with Crippen molar-refractivity contribution in [3.05, 3.63) is 28.3 Å². The van der Waals surface area contributed by atoms with Crippen LogP contribution in [0.1, 0.15) is 22.6 Å². The highest BCUT2D eigenvalue weighted by Crippen LogP contribution is 2.27. The second kappa shape index (κ2) is 4.29. The summed E-state index contributed by atoms with van der Waals surface area (Å²) in [7, 11) is 0. The second-order valence-electron chi connectivity index (χ2n) is 3.85. The first-order valence-corrected chi connectivity index (χ1v) is 6.09. The minimum absolute atomic E-state index is 0.744. The van der Waals surface area contributed by atoms with Crippen LogP contribution in [0.5, 0.6) is 0 Å². The number of fused-ring (bicyclic) bond motifs is 1. The molecule has 0 saturated carbocycles. The van der Waals surface area contributed by atoms with Crippen molar-refractivity contribution in [3.8, 4) is 0 Å². The molecule has 0 unspecified atom stereocenters. The number of rotatable bonds is 3. The van der Waals surface area contributed by atoms with Gasteiger partial charge in [-0.2, -0.15) is 0 Å². The quantitative estimate of drug-likeness (QED) is 0.864. The van der Waals surface area contributed by atoms with Crippen LogP contribution in [0.25, 0.3) is 10.2 Å². The predicted octanol–water partition coefficient (Wildman–Crippen LogP) is 2.80. The van der Waals surface area contributed by atoms with Crippen molar-refractivity contribution in [1.82, 2.24) is 4.98 Å². The molecule has 0 aliphatic heterocycles. The first kappa shape index (κ1) is 10.6. The number of nitrogens with zero attached hydrogens (tertiary/aromatic N) is 1. The Balaban J connectivity index is 2.42. The zero-order valence-electron chi connectivity index (χ0n) is 9.21. The normalized spacial score (nSPS) is 11.1. The molecule has 0 radical (unpaired) electrons. The van der Waals surface area contributed by atoms with Crippen LogP contribution in [0.3, 0.4) is 0 Å². The van der Waals surface area contributed by atoms with Crippen LogP contribution in [-0.4, -0.2) is 11.5 Å². The Hall–Kier alpha value is -0.930. The van der Waals surface area contributed by atoms with Gasteiger partial charge in [0, 0.05) is 6.42 Å². The number of nitrogens with two attached hydrogens (primary N) is 1. The Morgan fingerprint density at radius 1 is 1.33 bits per heavy atom. The van der Waals surface area contributed by atoms with Gasteiger partial charge in [-0.3, -0.25) is 0 Å². The number of aryl methyl sites for hydroxylation is 3. The van der Waals surface area contributed by atoms with Crippen molar-refractivity contribution in [1.29, 1.82) is 0 Å². The molecule has 3 heteroatoms. The fourth-order valence-electron chi connectivity index (χ4n) is 1.63. The zero-order valence-corrected chi connectivity index (χ0v) is 10.0. The van der Waals surface area contributed by atoms with Gasteiger partial charge in [0.1, 0.15) is 0 Å². The first-order valence-electron chi connectivity index (χ1n) is 5.28. The van der Waals surface area contributed by atoms with Gasteiger partial charge in [0.2, 0.25) is 0 Å². The van der Waals surface area contributed by atoms with E-state index in [9.17, 15) is 0 Å². The van der Waals surface area contributed by atoms with Gasteiger partial charge in [-0.25, -0.2) is 4.98 Å². The molecule has 0 aliphatic rings. The SMILES string of the molecule is Cc1ccc2sc(CCCN)nc2c1C. The van der Waals surface area contributed by atoms with Gasteiger partial charge in [-0.05, 0) is 44.0 Å². The molecule has 0 saturated heterocycles. The number of benzene rings is 1. The highest BCUT2D eigenvalue weighted by molar-refractivity contribution is 7.18. The van der Waals surface area contributed by atoms with E-state index in [1.807, 2.05) is 0 Å². The summed E-state index contributed by atoms with van der Waals surface area (Å²) in [5, 5.41) is 1.21.